The molecule has 0 saturated heterocycles. The van der Waals surface area contributed by atoms with Gasteiger partial charge in [0.05, 0.1) is 34.2 Å². The predicted molar refractivity (Wildman–Crippen MR) is 66.4 cm³/mol. The SMILES string of the molecule is O=C(Nc1cncnc1)c1cc(Cl)c(C(F)(F)F)cc1F. The van der Waals surface area contributed by atoms with Gasteiger partial charge in [0.1, 0.15) is 12.1 Å². The van der Waals surface area contributed by atoms with Crippen molar-refractivity contribution >= 4 is 23.2 Å². The zero-order valence-corrected chi connectivity index (χ0v) is 10.8. The summed E-state index contributed by atoms with van der Waals surface area (Å²) < 4.78 is 51.3. The molecule has 1 aromatic heterocycles. The van der Waals surface area contributed by atoms with E-state index in [1.807, 2.05) is 0 Å². The van der Waals surface area contributed by atoms with Crippen molar-refractivity contribution in [2.45, 2.75) is 6.18 Å². The molecule has 0 bridgehead atoms. The third kappa shape index (κ3) is 3.46. The third-order valence-corrected chi connectivity index (χ3v) is 2.74. The number of carbonyl (C=O) groups excluding carboxylic acids is 1. The quantitative estimate of drug-likeness (QED) is 0.861. The minimum Gasteiger partial charge on any atom is -0.319 e. The minimum absolute atomic E-state index is 0.165. The van der Waals surface area contributed by atoms with Crippen LogP contribution in [0.2, 0.25) is 5.02 Å². The fourth-order valence-corrected chi connectivity index (χ4v) is 1.77. The first-order valence-corrected chi connectivity index (χ1v) is 5.79. The lowest BCUT2D eigenvalue weighted by molar-refractivity contribution is -0.137. The van der Waals surface area contributed by atoms with Gasteiger partial charge >= 0.3 is 6.18 Å². The van der Waals surface area contributed by atoms with E-state index in [9.17, 15) is 22.4 Å². The van der Waals surface area contributed by atoms with Crippen molar-refractivity contribution in [3.63, 3.8) is 0 Å². The second-order valence-corrected chi connectivity index (χ2v) is 4.30. The van der Waals surface area contributed by atoms with Gasteiger partial charge in [-0.3, -0.25) is 4.79 Å². The lowest BCUT2D eigenvalue weighted by Gasteiger charge is -2.11. The summed E-state index contributed by atoms with van der Waals surface area (Å²) in [5, 5.41) is 1.48. The van der Waals surface area contributed by atoms with Crippen LogP contribution in [0.25, 0.3) is 0 Å². The van der Waals surface area contributed by atoms with E-state index in [1.165, 1.54) is 18.7 Å². The van der Waals surface area contributed by atoms with Crippen LogP contribution >= 0.6 is 11.6 Å². The summed E-state index contributed by atoms with van der Waals surface area (Å²) in [5.74, 6) is -2.29. The minimum atomic E-state index is -4.81. The molecule has 1 aromatic carbocycles. The molecule has 21 heavy (non-hydrogen) atoms. The van der Waals surface area contributed by atoms with Crippen LogP contribution in [0.3, 0.4) is 0 Å². The highest BCUT2D eigenvalue weighted by Crippen LogP contribution is 2.36. The van der Waals surface area contributed by atoms with Crippen molar-refractivity contribution in [2.24, 2.45) is 0 Å². The molecule has 0 radical (unpaired) electrons. The number of anilines is 1. The second kappa shape index (κ2) is 5.65. The lowest BCUT2D eigenvalue weighted by atomic mass is 10.1. The van der Waals surface area contributed by atoms with Crippen molar-refractivity contribution < 1.29 is 22.4 Å². The molecular formula is C12H6ClF4N3O. The number of benzene rings is 1. The standard InChI is InChI=1S/C12H6ClF4N3O/c13-9-1-7(10(14)2-8(9)12(15,16)17)11(21)20-6-3-18-5-19-4-6/h1-5H,(H,20,21). The largest absolute Gasteiger partial charge is 0.417 e. The van der Waals surface area contributed by atoms with Crippen LogP contribution in [-0.4, -0.2) is 15.9 Å². The first-order chi connectivity index (χ1) is 9.79. The first-order valence-electron chi connectivity index (χ1n) is 5.41. The van der Waals surface area contributed by atoms with Crippen molar-refractivity contribution in [1.29, 1.82) is 0 Å². The van der Waals surface area contributed by atoms with Crippen LogP contribution in [0.1, 0.15) is 15.9 Å². The Hall–Kier alpha value is -2.22. The number of hydrogen-bond acceptors (Lipinski definition) is 3. The Morgan fingerprint density at radius 1 is 1.19 bits per heavy atom. The molecule has 0 atom stereocenters. The van der Waals surface area contributed by atoms with E-state index in [2.05, 4.69) is 15.3 Å². The van der Waals surface area contributed by atoms with Crippen molar-refractivity contribution in [1.82, 2.24) is 9.97 Å². The normalized spacial score (nSPS) is 11.3. The van der Waals surface area contributed by atoms with Crippen LogP contribution in [-0.2, 0) is 6.18 Å². The molecule has 1 N–H and O–H groups in total. The number of nitrogens with one attached hydrogen (secondary N) is 1. The van der Waals surface area contributed by atoms with E-state index >= 15 is 0 Å². The monoisotopic (exact) mass is 319 g/mol. The number of halogens is 5. The van der Waals surface area contributed by atoms with Crippen LogP contribution in [0.5, 0.6) is 0 Å². The van der Waals surface area contributed by atoms with Crippen LogP contribution in [0, 0.1) is 5.82 Å². The molecule has 2 rings (SSSR count). The van der Waals surface area contributed by atoms with E-state index in [4.69, 9.17) is 11.6 Å². The number of alkyl halides is 3. The van der Waals surface area contributed by atoms with E-state index in [0.717, 1.165) is 0 Å². The summed E-state index contributed by atoms with van der Waals surface area (Å²) in [6.07, 6.45) is -1.10. The van der Waals surface area contributed by atoms with Gasteiger partial charge in [0, 0.05) is 0 Å². The molecule has 0 aliphatic heterocycles. The molecule has 0 unspecified atom stereocenters. The molecule has 4 nitrogen and oxygen atoms in total. The number of hydrogen-bond donors (Lipinski definition) is 1. The van der Waals surface area contributed by atoms with Gasteiger partial charge in [-0.15, -0.1) is 0 Å². The van der Waals surface area contributed by atoms with Crippen LogP contribution < -0.4 is 5.32 Å². The third-order valence-electron chi connectivity index (χ3n) is 2.43. The summed E-state index contributed by atoms with van der Waals surface area (Å²) in [6.45, 7) is 0. The fourth-order valence-electron chi connectivity index (χ4n) is 1.50. The zero-order chi connectivity index (χ0) is 15.6. The highest BCUT2D eigenvalue weighted by molar-refractivity contribution is 6.32. The van der Waals surface area contributed by atoms with Gasteiger partial charge in [-0.1, -0.05) is 11.6 Å². The molecule has 1 heterocycles. The smallest absolute Gasteiger partial charge is 0.319 e. The van der Waals surface area contributed by atoms with Crippen LogP contribution in [0.4, 0.5) is 23.2 Å². The Balaban J connectivity index is 2.33. The van der Waals surface area contributed by atoms with Gasteiger partial charge in [0.2, 0.25) is 0 Å². The fraction of sp³-hybridized carbons (Fsp3) is 0.0833. The molecule has 9 heteroatoms. The summed E-state index contributed by atoms with van der Waals surface area (Å²) in [6, 6.07) is 0.803. The molecule has 0 aliphatic carbocycles. The second-order valence-electron chi connectivity index (χ2n) is 3.89. The van der Waals surface area contributed by atoms with Crippen molar-refractivity contribution in [3.05, 3.63) is 52.8 Å². The summed E-state index contributed by atoms with van der Waals surface area (Å²) in [5.41, 5.74) is -1.80. The molecule has 110 valence electrons. The van der Waals surface area contributed by atoms with E-state index in [0.29, 0.717) is 6.07 Å². The van der Waals surface area contributed by atoms with Crippen molar-refractivity contribution in [3.8, 4) is 0 Å². The molecule has 1 amide bonds. The number of rotatable bonds is 2. The Morgan fingerprint density at radius 2 is 1.81 bits per heavy atom. The number of nitrogens with zero attached hydrogens (tertiary/aromatic N) is 2. The maximum atomic E-state index is 13.7. The molecule has 2 aromatic rings. The molecular weight excluding hydrogens is 314 g/mol. The Kier molecular flexibility index (Phi) is 4.08. The van der Waals surface area contributed by atoms with E-state index < -0.39 is 34.1 Å². The Bertz CT molecular complexity index is 676. The van der Waals surface area contributed by atoms with Gasteiger partial charge in [-0.2, -0.15) is 13.2 Å². The van der Waals surface area contributed by atoms with Gasteiger partial charge < -0.3 is 5.32 Å². The average Bonchev–Trinajstić information content (AvgIpc) is 2.40. The number of amides is 1. The van der Waals surface area contributed by atoms with Gasteiger partial charge in [0.25, 0.3) is 5.91 Å². The first kappa shape index (κ1) is 15.2. The average molecular weight is 320 g/mol. The lowest BCUT2D eigenvalue weighted by Crippen LogP contribution is -2.16. The molecule has 0 spiro atoms. The van der Waals surface area contributed by atoms with Crippen LogP contribution in [0.15, 0.2) is 30.9 Å². The number of aromatic nitrogens is 2. The highest BCUT2D eigenvalue weighted by atomic mass is 35.5. The molecule has 0 saturated carbocycles. The number of carbonyl (C=O) groups is 1. The van der Waals surface area contributed by atoms with Gasteiger partial charge in [-0.25, -0.2) is 14.4 Å². The Labute approximate surface area is 120 Å². The predicted octanol–water partition coefficient (Wildman–Crippen LogP) is 3.54. The zero-order valence-electron chi connectivity index (χ0n) is 10.1. The summed E-state index contributed by atoms with van der Waals surface area (Å²) >= 11 is 5.44. The topological polar surface area (TPSA) is 54.9 Å². The maximum absolute atomic E-state index is 13.7. The summed E-state index contributed by atoms with van der Waals surface area (Å²) in [7, 11) is 0. The van der Waals surface area contributed by atoms with Crippen molar-refractivity contribution in [2.75, 3.05) is 5.32 Å². The Morgan fingerprint density at radius 3 is 2.38 bits per heavy atom. The highest BCUT2D eigenvalue weighted by Gasteiger charge is 2.34. The van der Waals surface area contributed by atoms with Gasteiger partial charge in [-0.05, 0) is 12.1 Å². The maximum Gasteiger partial charge on any atom is 0.417 e. The summed E-state index contributed by atoms with van der Waals surface area (Å²) in [4.78, 5) is 19.0. The van der Waals surface area contributed by atoms with E-state index in [1.54, 1.807) is 0 Å². The molecule has 0 fully saturated rings. The van der Waals surface area contributed by atoms with E-state index in [-0.39, 0.29) is 11.8 Å². The van der Waals surface area contributed by atoms with Gasteiger partial charge in [0.15, 0.2) is 0 Å². The molecule has 0 aliphatic rings.